The number of carbonyl (C=O) groups is 1. The minimum atomic E-state index is -0.231. The molecular formula is C45H74O3. The van der Waals surface area contributed by atoms with Gasteiger partial charge in [0, 0.05) is 11.8 Å². The third kappa shape index (κ3) is 17.6. The van der Waals surface area contributed by atoms with E-state index in [1.807, 2.05) is 36.4 Å². The molecule has 0 saturated heterocycles. The zero-order valence-corrected chi connectivity index (χ0v) is 31.4. The number of aliphatic hydroxyl groups is 2. The van der Waals surface area contributed by atoms with E-state index in [4.69, 9.17) is 0 Å². The maximum atomic E-state index is 14.7. The Bertz CT molecular complexity index is 965. The van der Waals surface area contributed by atoms with Crippen molar-refractivity contribution in [1.82, 2.24) is 0 Å². The van der Waals surface area contributed by atoms with Crippen molar-refractivity contribution in [2.24, 2.45) is 0 Å². The number of unbranched alkanes of at least 4 members (excludes halogenated alkanes) is 22. The molecule has 3 nitrogen and oxygen atoms in total. The molecule has 2 unspecified atom stereocenters. The van der Waals surface area contributed by atoms with Crippen molar-refractivity contribution in [3.63, 3.8) is 0 Å². The first-order valence-electron chi connectivity index (χ1n) is 20.6. The van der Waals surface area contributed by atoms with E-state index >= 15 is 0 Å². The lowest BCUT2D eigenvalue weighted by Crippen LogP contribution is -2.23. The Morgan fingerprint density at radius 2 is 0.708 bits per heavy atom. The van der Waals surface area contributed by atoms with Crippen LogP contribution < -0.4 is 0 Å². The third-order valence-corrected chi connectivity index (χ3v) is 10.6. The summed E-state index contributed by atoms with van der Waals surface area (Å²) in [6.45, 7) is 4.46. The molecule has 0 saturated carbocycles. The van der Waals surface area contributed by atoms with Gasteiger partial charge in [-0.2, -0.15) is 0 Å². The molecule has 0 fully saturated rings. The van der Waals surface area contributed by atoms with Gasteiger partial charge < -0.3 is 10.2 Å². The lowest BCUT2D eigenvalue weighted by Gasteiger charge is -2.26. The van der Waals surface area contributed by atoms with Crippen molar-refractivity contribution in [1.29, 1.82) is 0 Å². The molecule has 2 rings (SSSR count). The number of hydrogen-bond acceptors (Lipinski definition) is 3. The Hall–Kier alpha value is -1.97. The van der Waals surface area contributed by atoms with Crippen LogP contribution >= 0.6 is 0 Å². The van der Waals surface area contributed by atoms with Gasteiger partial charge in [0.05, 0.1) is 13.2 Å². The fourth-order valence-electron chi connectivity index (χ4n) is 7.56. The number of Topliss-reactive ketones (excluding diaryl/α,β-unsaturated/α-hetero) is 1. The van der Waals surface area contributed by atoms with Crippen LogP contribution in [0.25, 0.3) is 0 Å². The third-order valence-electron chi connectivity index (χ3n) is 10.6. The first-order chi connectivity index (χ1) is 23.7. The Morgan fingerprint density at radius 3 is 1.00 bits per heavy atom. The van der Waals surface area contributed by atoms with Gasteiger partial charge in [0.1, 0.15) is 5.78 Å². The monoisotopic (exact) mass is 663 g/mol. The minimum absolute atomic E-state index is 0.0466. The Morgan fingerprint density at radius 1 is 0.438 bits per heavy atom. The van der Waals surface area contributed by atoms with E-state index < -0.39 is 0 Å². The van der Waals surface area contributed by atoms with Crippen LogP contribution in [0.2, 0.25) is 0 Å². The largest absolute Gasteiger partial charge is 0.392 e. The summed E-state index contributed by atoms with van der Waals surface area (Å²) in [6.07, 6.45) is 32.8. The lowest BCUT2D eigenvalue weighted by molar-refractivity contribution is -0.122. The SMILES string of the molecule is CCCCCCCCCCCCCCC(C(=O)C(CCCCCCCCCCCCCC)c1ccccc1CO)c1ccccc1CO. The van der Waals surface area contributed by atoms with Crippen molar-refractivity contribution in [3.8, 4) is 0 Å². The second-order valence-electron chi connectivity index (χ2n) is 14.6. The van der Waals surface area contributed by atoms with E-state index in [2.05, 4.69) is 26.0 Å². The zero-order valence-electron chi connectivity index (χ0n) is 31.4. The average molecular weight is 663 g/mol. The second kappa shape index (κ2) is 28.8. The number of benzene rings is 2. The molecule has 0 aromatic heterocycles. The highest BCUT2D eigenvalue weighted by molar-refractivity contribution is 5.92. The van der Waals surface area contributed by atoms with Gasteiger partial charge in [-0.1, -0.05) is 216 Å². The standard InChI is InChI=1S/C45H74O3/c1-3-5-7-9-11-13-15-17-19-21-23-25-35-43(41-33-29-27-31-39(41)37-46)45(48)44(42-34-30-28-32-40(42)38-47)36-26-24-22-20-18-16-14-12-10-8-6-4-2/h27-34,43-44,46-47H,3-26,35-38H2,1-2H3. The highest BCUT2D eigenvalue weighted by Crippen LogP contribution is 2.36. The Kier molecular flexibility index (Phi) is 25.3. The average Bonchev–Trinajstić information content (AvgIpc) is 3.12. The van der Waals surface area contributed by atoms with E-state index in [1.165, 1.54) is 128 Å². The molecule has 2 N–H and O–H groups in total. The first-order valence-corrected chi connectivity index (χ1v) is 20.6. The van der Waals surface area contributed by atoms with Gasteiger partial charge in [0.2, 0.25) is 0 Å². The maximum Gasteiger partial charge on any atom is 0.147 e. The molecule has 0 aliphatic rings. The molecule has 0 radical (unpaired) electrons. The predicted octanol–water partition coefficient (Wildman–Crippen LogP) is 13.3. The molecule has 0 heterocycles. The van der Waals surface area contributed by atoms with Crippen LogP contribution in [0, 0.1) is 0 Å². The van der Waals surface area contributed by atoms with Gasteiger partial charge in [-0.15, -0.1) is 0 Å². The van der Waals surface area contributed by atoms with Crippen LogP contribution in [0.15, 0.2) is 48.5 Å². The first kappa shape index (κ1) is 42.2. The summed E-state index contributed by atoms with van der Waals surface area (Å²) in [5, 5.41) is 20.5. The fourth-order valence-corrected chi connectivity index (χ4v) is 7.56. The molecule has 0 aliphatic carbocycles. The smallest absolute Gasteiger partial charge is 0.147 e. The van der Waals surface area contributed by atoms with Crippen LogP contribution in [0.1, 0.15) is 215 Å². The molecule has 0 amide bonds. The van der Waals surface area contributed by atoms with Crippen molar-refractivity contribution in [2.45, 2.75) is 206 Å². The molecule has 48 heavy (non-hydrogen) atoms. The summed E-state index contributed by atoms with van der Waals surface area (Å²) < 4.78 is 0. The summed E-state index contributed by atoms with van der Waals surface area (Å²) in [5.74, 6) is -0.195. The summed E-state index contributed by atoms with van der Waals surface area (Å²) in [5.41, 5.74) is 3.73. The number of rotatable bonds is 32. The maximum absolute atomic E-state index is 14.7. The highest BCUT2D eigenvalue weighted by Gasteiger charge is 2.31. The van der Waals surface area contributed by atoms with E-state index in [0.717, 1.165) is 60.8 Å². The highest BCUT2D eigenvalue weighted by atomic mass is 16.3. The number of carbonyl (C=O) groups excluding carboxylic acids is 1. The van der Waals surface area contributed by atoms with Gasteiger partial charge >= 0.3 is 0 Å². The van der Waals surface area contributed by atoms with Gasteiger partial charge in [0.15, 0.2) is 0 Å². The van der Waals surface area contributed by atoms with Crippen LogP contribution in [0.4, 0.5) is 0 Å². The number of hydrogen-bond donors (Lipinski definition) is 2. The van der Waals surface area contributed by atoms with Crippen LogP contribution in [0.5, 0.6) is 0 Å². The topological polar surface area (TPSA) is 57.5 Å². The zero-order chi connectivity index (χ0) is 34.5. The summed E-state index contributed by atoms with van der Waals surface area (Å²) >= 11 is 0. The Labute approximate surface area is 296 Å². The molecule has 0 bridgehead atoms. The molecule has 0 spiro atoms. The van der Waals surface area contributed by atoms with Crippen molar-refractivity contribution in [2.75, 3.05) is 0 Å². The second-order valence-corrected chi connectivity index (χ2v) is 14.6. The van der Waals surface area contributed by atoms with Gasteiger partial charge in [-0.05, 0) is 35.1 Å². The normalized spacial score (nSPS) is 12.8. The minimum Gasteiger partial charge on any atom is -0.392 e. The molecule has 2 atom stereocenters. The Balaban J connectivity index is 1.97. The molecule has 3 heteroatoms. The number of aliphatic hydroxyl groups excluding tert-OH is 2. The summed E-state index contributed by atoms with van der Waals surface area (Å²) in [6, 6.07) is 16.0. The van der Waals surface area contributed by atoms with Crippen LogP contribution in [-0.4, -0.2) is 16.0 Å². The van der Waals surface area contributed by atoms with Gasteiger partial charge in [0.25, 0.3) is 0 Å². The van der Waals surface area contributed by atoms with Crippen molar-refractivity contribution < 1.29 is 15.0 Å². The predicted molar refractivity (Wildman–Crippen MR) is 207 cm³/mol. The van der Waals surface area contributed by atoms with E-state index in [-0.39, 0.29) is 30.8 Å². The van der Waals surface area contributed by atoms with E-state index in [1.54, 1.807) is 0 Å². The van der Waals surface area contributed by atoms with Crippen LogP contribution in [0.3, 0.4) is 0 Å². The quantitative estimate of drug-likeness (QED) is 0.0767. The van der Waals surface area contributed by atoms with E-state index in [0.29, 0.717) is 0 Å². The molecule has 0 aliphatic heterocycles. The lowest BCUT2D eigenvalue weighted by atomic mass is 9.76. The number of ketones is 1. The molecule has 272 valence electrons. The summed E-state index contributed by atoms with van der Waals surface area (Å²) in [7, 11) is 0. The van der Waals surface area contributed by atoms with E-state index in [9.17, 15) is 15.0 Å². The van der Waals surface area contributed by atoms with Crippen LogP contribution in [-0.2, 0) is 18.0 Å². The molecular weight excluding hydrogens is 588 g/mol. The fraction of sp³-hybridized carbons (Fsp3) is 0.711. The molecule has 2 aromatic carbocycles. The molecule has 2 aromatic rings. The van der Waals surface area contributed by atoms with Gasteiger partial charge in [-0.3, -0.25) is 4.79 Å². The van der Waals surface area contributed by atoms with Crippen molar-refractivity contribution in [3.05, 3.63) is 70.8 Å². The van der Waals surface area contributed by atoms with Crippen molar-refractivity contribution >= 4 is 5.78 Å². The summed E-state index contributed by atoms with van der Waals surface area (Å²) in [4.78, 5) is 14.7. The van der Waals surface area contributed by atoms with Gasteiger partial charge in [-0.25, -0.2) is 0 Å².